The normalized spacial score (nSPS) is 19.0. The number of amides is 1. The number of para-hydroxylation sites is 2. The Labute approximate surface area is 184 Å². The van der Waals surface area contributed by atoms with Gasteiger partial charge in [-0.2, -0.15) is 0 Å². The molecule has 0 aliphatic carbocycles. The first-order chi connectivity index (χ1) is 15.6. The van der Waals surface area contributed by atoms with Crippen LogP contribution < -0.4 is 14.4 Å². The summed E-state index contributed by atoms with van der Waals surface area (Å²) in [5.74, 6) is -0.578. The molecule has 3 aromatic rings. The monoisotopic (exact) mass is 428 g/mol. The van der Waals surface area contributed by atoms with E-state index < -0.39 is 17.7 Å². The first-order valence-corrected chi connectivity index (χ1v) is 10.2. The van der Waals surface area contributed by atoms with Crippen LogP contribution in [0.5, 0.6) is 11.5 Å². The van der Waals surface area contributed by atoms with Crippen LogP contribution >= 0.6 is 0 Å². The molecule has 1 fully saturated rings. The van der Waals surface area contributed by atoms with Crippen LogP contribution in [0.25, 0.3) is 5.76 Å². The number of benzene rings is 2. The summed E-state index contributed by atoms with van der Waals surface area (Å²) >= 11 is 0. The third-order valence-corrected chi connectivity index (χ3v) is 5.72. The number of ketones is 1. The van der Waals surface area contributed by atoms with Crippen molar-refractivity contribution >= 4 is 23.1 Å². The number of nitrogens with zero attached hydrogens (tertiary/aromatic N) is 2. The van der Waals surface area contributed by atoms with Crippen molar-refractivity contribution in [1.82, 2.24) is 4.98 Å². The van der Waals surface area contributed by atoms with Crippen molar-refractivity contribution in [1.29, 1.82) is 0 Å². The molecule has 32 heavy (non-hydrogen) atoms. The summed E-state index contributed by atoms with van der Waals surface area (Å²) in [6.07, 6.45) is 2.31. The van der Waals surface area contributed by atoms with Gasteiger partial charge in [0.05, 0.1) is 30.7 Å². The minimum atomic E-state index is -0.906. The molecule has 2 aliphatic rings. The number of carbonyl (C=O) groups is 2. The number of fused-ring (bicyclic) bond motifs is 1. The standard InChI is InChI=1S/C25H20N2O5/c1-31-20-8-3-2-7-18(20)27-22(17-6-4-5-12-26-17)21(24(29)25(27)30)23(28)16-9-10-19-15(14-16)11-13-32-19/h2-10,12,14,22,28H,11,13H2,1H3/b23-21-. The van der Waals surface area contributed by atoms with Gasteiger partial charge >= 0.3 is 0 Å². The molecular weight excluding hydrogens is 408 g/mol. The van der Waals surface area contributed by atoms with Gasteiger partial charge < -0.3 is 14.6 Å². The first-order valence-electron chi connectivity index (χ1n) is 10.2. The maximum atomic E-state index is 13.2. The fourth-order valence-corrected chi connectivity index (χ4v) is 4.22. The van der Waals surface area contributed by atoms with E-state index in [4.69, 9.17) is 9.47 Å². The summed E-state index contributed by atoms with van der Waals surface area (Å²) in [6, 6.07) is 16.5. The van der Waals surface area contributed by atoms with Crippen molar-refractivity contribution in [3.8, 4) is 11.5 Å². The number of anilines is 1. The number of aliphatic hydroxyl groups is 1. The predicted molar refractivity (Wildman–Crippen MR) is 118 cm³/mol. The van der Waals surface area contributed by atoms with Crippen molar-refractivity contribution in [2.45, 2.75) is 12.5 Å². The van der Waals surface area contributed by atoms with Gasteiger partial charge in [-0.25, -0.2) is 0 Å². The highest BCUT2D eigenvalue weighted by atomic mass is 16.5. The van der Waals surface area contributed by atoms with Gasteiger partial charge in [0.2, 0.25) is 0 Å². The molecule has 0 spiro atoms. The summed E-state index contributed by atoms with van der Waals surface area (Å²) in [5.41, 5.74) is 2.27. The van der Waals surface area contributed by atoms with E-state index in [2.05, 4.69) is 4.98 Å². The van der Waals surface area contributed by atoms with Crippen LogP contribution in [0.15, 0.2) is 72.4 Å². The molecule has 0 bridgehead atoms. The number of hydrogen-bond acceptors (Lipinski definition) is 6. The summed E-state index contributed by atoms with van der Waals surface area (Å²) in [7, 11) is 1.50. The summed E-state index contributed by atoms with van der Waals surface area (Å²) in [5, 5.41) is 11.2. The van der Waals surface area contributed by atoms with Gasteiger partial charge in [-0.3, -0.25) is 19.5 Å². The van der Waals surface area contributed by atoms with E-state index in [9.17, 15) is 14.7 Å². The third-order valence-electron chi connectivity index (χ3n) is 5.72. The summed E-state index contributed by atoms with van der Waals surface area (Å²) < 4.78 is 11.0. The summed E-state index contributed by atoms with van der Waals surface area (Å²) in [6.45, 7) is 0.575. The quantitative estimate of drug-likeness (QED) is 0.388. The van der Waals surface area contributed by atoms with E-state index in [1.807, 2.05) is 0 Å². The van der Waals surface area contributed by atoms with E-state index in [0.717, 1.165) is 17.7 Å². The first kappa shape index (κ1) is 19.8. The number of aliphatic hydroxyl groups excluding tert-OH is 1. The highest BCUT2D eigenvalue weighted by molar-refractivity contribution is 6.51. The van der Waals surface area contributed by atoms with E-state index in [0.29, 0.717) is 29.3 Å². The highest BCUT2D eigenvalue weighted by Crippen LogP contribution is 2.44. The lowest BCUT2D eigenvalue weighted by Crippen LogP contribution is -2.30. The molecule has 2 aliphatic heterocycles. The van der Waals surface area contributed by atoms with Crippen molar-refractivity contribution in [3.05, 3.63) is 89.3 Å². The van der Waals surface area contributed by atoms with Gasteiger partial charge in [-0.1, -0.05) is 18.2 Å². The van der Waals surface area contributed by atoms with Gasteiger partial charge in [0.25, 0.3) is 11.7 Å². The molecule has 1 saturated heterocycles. The average molecular weight is 428 g/mol. The van der Waals surface area contributed by atoms with Gasteiger partial charge in [0.15, 0.2) is 0 Å². The molecule has 160 valence electrons. The van der Waals surface area contributed by atoms with Crippen LogP contribution in [0, 0.1) is 0 Å². The van der Waals surface area contributed by atoms with Crippen molar-refractivity contribution in [2.24, 2.45) is 0 Å². The van der Waals surface area contributed by atoms with Crippen LogP contribution in [-0.2, 0) is 16.0 Å². The Bertz CT molecular complexity index is 1250. The van der Waals surface area contributed by atoms with Crippen molar-refractivity contribution in [2.75, 3.05) is 18.6 Å². The Kier molecular flexibility index (Phi) is 4.86. The minimum Gasteiger partial charge on any atom is -0.507 e. The Balaban J connectivity index is 1.72. The van der Waals surface area contributed by atoms with Gasteiger partial charge in [0.1, 0.15) is 23.3 Å². The number of aromatic nitrogens is 1. The third kappa shape index (κ3) is 3.10. The predicted octanol–water partition coefficient (Wildman–Crippen LogP) is 3.65. The van der Waals surface area contributed by atoms with Crippen LogP contribution in [0.2, 0.25) is 0 Å². The lowest BCUT2D eigenvalue weighted by molar-refractivity contribution is -0.132. The highest BCUT2D eigenvalue weighted by Gasteiger charge is 2.48. The second-order valence-electron chi connectivity index (χ2n) is 7.52. The van der Waals surface area contributed by atoms with E-state index in [1.165, 1.54) is 12.0 Å². The molecule has 0 radical (unpaired) electrons. The lowest BCUT2D eigenvalue weighted by Gasteiger charge is -2.26. The topological polar surface area (TPSA) is 89.0 Å². The molecular formula is C25H20N2O5. The zero-order valence-electron chi connectivity index (χ0n) is 17.3. The second kappa shape index (κ2) is 7.85. The SMILES string of the molecule is COc1ccccc1N1C(=O)C(=O)/C(=C(\O)c2ccc3c(c2)CCO3)C1c1ccccn1. The molecule has 1 amide bonds. The maximum absolute atomic E-state index is 13.2. The molecule has 5 rings (SSSR count). The number of rotatable bonds is 4. The molecule has 7 heteroatoms. The molecule has 1 unspecified atom stereocenters. The van der Waals surface area contributed by atoms with Crippen LogP contribution in [0.4, 0.5) is 5.69 Å². The van der Waals surface area contributed by atoms with E-state index >= 15 is 0 Å². The summed E-state index contributed by atoms with van der Waals surface area (Å²) in [4.78, 5) is 32.2. The van der Waals surface area contributed by atoms with Crippen molar-refractivity contribution < 1.29 is 24.2 Å². The number of Topliss-reactive ketones (excluding diaryl/α,β-unsaturated/α-hetero) is 1. The molecule has 1 aromatic heterocycles. The van der Waals surface area contributed by atoms with E-state index in [1.54, 1.807) is 66.9 Å². The molecule has 3 heterocycles. The Morgan fingerprint density at radius 3 is 2.72 bits per heavy atom. The average Bonchev–Trinajstić information content (AvgIpc) is 3.41. The Morgan fingerprint density at radius 2 is 1.94 bits per heavy atom. The Hall–Kier alpha value is -4.13. The number of carbonyl (C=O) groups excluding carboxylic acids is 2. The minimum absolute atomic E-state index is 0.0153. The zero-order valence-corrected chi connectivity index (χ0v) is 17.3. The second-order valence-corrected chi connectivity index (χ2v) is 7.52. The Morgan fingerprint density at radius 1 is 1.12 bits per heavy atom. The molecule has 2 aromatic carbocycles. The fourth-order valence-electron chi connectivity index (χ4n) is 4.22. The van der Waals surface area contributed by atoms with Gasteiger partial charge in [0, 0.05) is 18.2 Å². The van der Waals surface area contributed by atoms with Crippen molar-refractivity contribution in [3.63, 3.8) is 0 Å². The van der Waals surface area contributed by atoms with Crippen LogP contribution in [0.1, 0.15) is 22.9 Å². The van der Waals surface area contributed by atoms with Crippen LogP contribution in [-0.4, -0.2) is 35.5 Å². The fraction of sp³-hybridized carbons (Fsp3) is 0.160. The molecule has 7 nitrogen and oxygen atoms in total. The molecule has 1 atom stereocenters. The number of pyridine rings is 1. The number of methoxy groups -OCH3 is 1. The number of ether oxygens (including phenoxy) is 2. The molecule has 1 N–H and O–H groups in total. The largest absolute Gasteiger partial charge is 0.507 e. The van der Waals surface area contributed by atoms with Gasteiger partial charge in [-0.15, -0.1) is 0 Å². The van der Waals surface area contributed by atoms with Crippen LogP contribution in [0.3, 0.4) is 0 Å². The number of hydrogen-bond donors (Lipinski definition) is 1. The zero-order chi connectivity index (χ0) is 22.2. The van der Waals surface area contributed by atoms with E-state index in [-0.39, 0.29) is 11.3 Å². The maximum Gasteiger partial charge on any atom is 0.300 e. The lowest BCUT2D eigenvalue weighted by atomic mass is 9.97. The van der Waals surface area contributed by atoms with Gasteiger partial charge in [-0.05, 0) is 48.0 Å². The smallest absolute Gasteiger partial charge is 0.300 e. The molecule has 0 saturated carbocycles.